The summed E-state index contributed by atoms with van der Waals surface area (Å²) in [4.78, 5) is 24.4. The van der Waals surface area contributed by atoms with Gasteiger partial charge in [0.2, 0.25) is 0 Å². The minimum Gasteiger partial charge on any atom is -0.492 e. The highest BCUT2D eigenvalue weighted by Crippen LogP contribution is 2.37. The van der Waals surface area contributed by atoms with Gasteiger partial charge >= 0.3 is 11.9 Å². The zero-order chi connectivity index (χ0) is 25.6. The minimum atomic E-state index is -3.81. The molecule has 0 aliphatic carbocycles. The second-order valence-corrected chi connectivity index (χ2v) is 10.9. The van der Waals surface area contributed by atoms with Gasteiger partial charge in [0.1, 0.15) is 16.9 Å². The average molecular weight is 501 g/mol. The third kappa shape index (κ3) is 6.95. The van der Waals surface area contributed by atoms with Crippen LogP contribution in [0, 0.1) is 0 Å². The molecule has 2 aromatic carbocycles. The summed E-state index contributed by atoms with van der Waals surface area (Å²) < 4.78 is 42.2. The number of ether oxygens (including phenoxy) is 2. The highest BCUT2D eigenvalue weighted by Gasteiger charge is 2.26. The molecule has 0 radical (unpaired) electrons. The summed E-state index contributed by atoms with van der Waals surface area (Å²) in [6.07, 6.45) is 3.25. The molecule has 3 rings (SSSR count). The van der Waals surface area contributed by atoms with Crippen LogP contribution in [0.1, 0.15) is 49.5 Å². The molecular weight excluding hydrogens is 472 g/mol. The highest BCUT2D eigenvalue weighted by atomic mass is 32.2. The van der Waals surface area contributed by atoms with Gasteiger partial charge in [0.15, 0.2) is 9.84 Å². The van der Waals surface area contributed by atoms with Gasteiger partial charge in [-0.2, -0.15) is 0 Å². The largest absolute Gasteiger partial charge is 0.492 e. The third-order valence-corrected chi connectivity index (χ3v) is 6.61. The van der Waals surface area contributed by atoms with Crippen molar-refractivity contribution in [1.82, 2.24) is 0 Å². The Morgan fingerprint density at radius 2 is 1.74 bits per heavy atom. The van der Waals surface area contributed by atoms with Gasteiger partial charge in [-0.05, 0) is 51.0 Å². The van der Waals surface area contributed by atoms with Crippen molar-refractivity contribution in [3.63, 3.8) is 0 Å². The van der Waals surface area contributed by atoms with E-state index in [1.807, 2.05) is 0 Å². The van der Waals surface area contributed by atoms with Gasteiger partial charge in [0.05, 0.1) is 29.8 Å². The summed E-state index contributed by atoms with van der Waals surface area (Å²) in [7, 11) is -3.81. The van der Waals surface area contributed by atoms with Crippen molar-refractivity contribution in [3.8, 4) is 16.9 Å². The standard InChI is InChI=1S/C26H28O8S/c1-26(2,3)34-22(27)10-7-14-33-24-21(18-13-15-32-16-18)12-11-19(23(24)25(28)29)17-35(30,31)20-8-5-4-6-9-20/h4-6,8-9,11-13,15-16H,7,10,14,17H2,1-3H3,(H,28,29). The van der Waals surface area contributed by atoms with E-state index < -0.39 is 33.1 Å². The number of carboxylic acids is 1. The Balaban J connectivity index is 1.92. The quantitative estimate of drug-likeness (QED) is 0.301. The number of hydrogen-bond acceptors (Lipinski definition) is 7. The number of rotatable bonds is 10. The summed E-state index contributed by atoms with van der Waals surface area (Å²) in [5.41, 5.74) is 0.249. The Kier molecular flexibility index (Phi) is 8.01. The molecule has 0 aliphatic heterocycles. The molecule has 0 unspecified atom stereocenters. The van der Waals surface area contributed by atoms with Crippen LogP contribution in [-0.2, 0) is 25.1 Å². The molecule has 0 bridgehead atoms. The summed E-state index contributed by atoms with van der Waals surface area (Å²) in [5, 5.41) is 10.0. The number of carbonyl (C=O) groups excluding carboxylic acids is 1. The Labute approximate surface area is 204 Å². The van der Waals surface area contributed by atoms with Crippen LogP contribution < -0.4 is 4.74 Å². The topological polar surface area (TPSA) is 120 Å². The van der Waals surface area contributed by atoms with Gasteiger partial charge in [-0.15, -0.1) is 0 Å². The van der Waals surface area contributed by atoms with Crippen LogP contribution in [0.5, 0.6) is 5.75 Å². The van der Waals surface area contributed by atoms with Crippen LogP contribution in [0.2, 0.25) is 0 Å². The van der Waals surface area contributed by atoms with Crippen LogP contribution in [-0.4, -0.2) is 37.7 Å². The van der Waals surface area contributed by atoms with Gasteiger partial charge in [0.25, 0.3) is 0 Å². The number of benzene rings is 2. The molecule has 1 heterocycles. The lowest BCUT2D eigenvalue weighted by Gasteiger charge is -2.20. The third-order valence-electron chi connectivity index (χ3n) is 4.93. The zero-order valence-electron chi connectivity index (χ0n) is 19.8. The van der Waals surface area contributed by atoms with Gasteiger partial charge in [-0.1, -0.05) is 30.3 Å². The van der Waals surface area contributed by atoms with Crippen LogP contribution in [0.25, 0.3) is 11.1 Å². The highest BCUT2D eigenvalue weighted by molar-refractivity contribution is 7.90. The van der Waals surface area contributed by atoms with E-state index in [-0.39, 0.29) is 41.2 Å². The first-order valence-electron chi connectivity index (χ1n) is 11.0. The Morgan fingerprint density at radius 1 is 1.03 bits per heavy atom. The van der Waals surface area contributed by atoms with E-state index in [9.17, 15) is 23.1 Å². The maximum absolute atomic E-state index is 13.0. The van der Waals surface area contributed by atoms with E-state index in [1.54, 1.807) is 51.1 Å². The summed E-state index contributed by atoms with van der Waals surface area (Å²) in [6.45, 7) is 5.34. The van der Waals surface area contributed by atoms with E-state index in [0.29, 0.717) is 11.1 Å². The molecule has 9 heteroatoms. The Hall–Kier alpha value is -3.59. The molecule has 186 valence electrons. The molecular formula is C26H28O8S. The van der Waals surface area contributed by atoms with Crippen LogP contribution >= 0.6 is 0 Å². The van der Waals surface area contributed by atoms with Gasteiger partial charge in [0, 0.05) is 17.5 Å². The van der Waals surface area contributed by atoms with Crippen LogP contribution in [0.15, 0.2) is 70.4 Å². The van der Waals surface area contributed by atoms with Crippen molar-refractivity contribution in [2.75, 3.05) is 6.61 Å². The number of carbonyl (C=O) groups is 2. The van der Waals surface area contributed by atoms with Crippen LogP contribution in [0.3, 0.4) is 0 Å². The van der Waals surface area contributed by atoms with E-state index in [1.165, 1.54) is 30.7 Å². The Bertz CT molecular complexity index is 1270. The summed E-state index contributed by atoms with van der Waals surface area (Å²) >= 11 is 0. The van der Waals surface area contributed by atoms with Crippen molar-refractivity contribution in [2.45, 2.75) is 49.9 Å². The first kappa shape index (κ1) is 26.0. The molecule has 0 fully saturated rings. The van der Waals surface area contributed by atoms with E-state index in [2.05, 4.69) is 0 Å². The first-order valence-corrected chi connectivity index (χ1v) is 12.7. The zero-order valence-corrected chi connectivity index (χ0v) is 20.6. The lowest BCUT2D eigenvalue weighted by molar-refractivity contribution is -0.155. The van der Waals surface area contributed by atoms with Crippen molar-refractivity contribution in [1.29, 1.82) is 0 Å². The molecule has 8 nitrogen and oxygen atoms in total. The van der Waals surface area contributed by atoms with Gasteiger partial charge in [-0.25, -0.2) is 13.2 Å². The summed E-state index contributed by atoms with van der Waals surface area (Å²) in [6, 6.07) is 12.6. The second-order valence-electron chi connectivity index (χ2n) is 8.90. The van der Waals surface area contributed by atoms with E-state index >= 15 is 0 Å². The monoisotopic (exact) mass is 500 g/mol. The molecule has 1 aromatic heterocycles. The lowest BCUT2D eigenvalue weighted by atomic mass is 9.99. The maximum atomic E-state index is 13.0. The van der Waals surface area contributed by atoms with Crippen molar-refractivity contribution in [2.24, 2.45) is 0 Å². The molecule has 0 saturated heterocycles. The van der Waals surface area contributed by atoms with Crippen LogP contribution in [0.4, 0.5) is 0 Å². The minimum absolute atomic E-state index is 0.0175. The molecule has 35 heavy (non-hydrogen) atoms. The van der Waals surface area contributed by atoms with Gasteiger partial charge in [-0.3, -0.25) is 4.79 Å². The molecule has 0 aliphatic rings. The van der Waals surface area contributed by atoms with E-state index in [0.717, 1.165) is 0 Å². The maximum Gasteiger partial charge on any atom is 0.339 e. The Morgan fingerprint density at radius 3 is 2.34 bits per heavy atom. The van der Waals surface area contributed by atoms with E-state index in [4.69, 9.17) is 13.9 Å². The molecule has 0 saturated carbocycles. The number of aromatic carboxylic acids is 1. The summed E-state index contributed by atoms with van der Waals surface area (Å²) in [5.74, 6) is -2.21. The molecule has 0 amide bonds. The van der Waals surface area contributed by atoms with Gasteiger partial charge < -0.3 is 19.0 Å². The average Bonchev–Trinajstić information content (AvgIpc) is 3.30. The predicted octanol–water partition coefficient (Wildman–Crippen LogP) is 5.12. The molecule has 1 N–H and O–H groups in total. The molecule has 0 spiro atoms. The molecule has 3 aromatic rings. The van der Waals surface area contributed by atoms with Crippen molar-refractivity contribution >= 4 is 21.8 Å². The number of furan rings is 1. The lowest BCUT2D eigenvalue weighted by Crippen LogP contribution is -2.24. The fourth-order valence-corrected chi connectivity index (χ4v) is 4.86. The van der Waals surface area contributed by atoms with Crippen molar-refractivity contribution < 1.29 is 37.0 Å². The SMILES string of the molecule is CC(C)(C)OC(=O)CCCOc1c(-c2ccoc2)ccc(CS(=O)(=O)c2ccccc2)c1C(=O)O. The fourth-order valence-electron chi connectivity index (χ4n) is 3.47. The fraction of sp³-hybridized carbons (Fsp3) is 0.308. The normalized spacial score (nSPS) is 11.7. The first-order chi connectivity index (χ1) is 16.5. The number of esters is 1. The number of carboxylic acid groups (broad SMARTS) is 1. The second kappa shape index (κ2) is 10.8. The van der Waals surface area contributed by atoms with Crippen molar-refractivity contribution in [3.05, 3.63) is 72.2 Å². The smallest absolute Gasteiger partial charge is 0.339 e. The number of hydrogen-bond donors (Lipinski definition) is 1. The molecule has 0 atom stereocenters. The number of sulfone groups is 1. The predicted molar refractivity (Wildman–Crippen MR) is 129 cm³/mol.